The van der Waals surface area contributed by atoms with Gasteiger partial charge in [0.15, 0.2) is 5.96 Å². The average molecular weight is 449 g/mol. The van der Waals surface area contributed by atoms with Gasteiger partial charge in [0.05, 0.1) is 20.1 Å². The third-order valence-corrected chi connectivity index (χ3v) is 3.53. The van der Waals surface area contributed by atoms with Gasteiger partial charge in [0.2, 0.25) is 0 Å². The summed E-state index contributed by atoms with van der Waals surface area (Å²) in [7, 11) is 4.77. The molecule has 1 aromatic rings. The van der Waals surface area contributed by atoms with Crippen molar-refractivity contribution in [3.05, 3.63) is 29.3 Å². The molecule has 1 unspecified atom stereocenters. The van der Waals surface area contributed by atoms with Gasteiger partial charge in [0, 0.05) is 20.1 Å². The molecule has 0 aliphatic heterocycles. The van der Waals surface area contributed by atoms with E-state index in [1.54, 1.807) is 14.2 Å². The maximum atomic E-state index is 11.4. The van der Waals surface area contributed by atoms with Gasteiger partial charge in [-0.2, -0.15) is 0 Å². The Balaban J connectivity index is 0.00000529. The van der Waals surface area contributed by atoms with E-state index in [1.807, 2.05) is 19.1 Å². The Morgan fingerprint density at radius 1 is 1.29 bits per heavy atom. The summed E-state index contributed by atoms with van der Waals surface area (Å²) in [5.74, 6) is 1.08. The minimum absolute atomic E-state index is 0. The molecule has 24 heavy (non-hydrogen) atoms. The summed E-state index contributed by atoms with van der Waals surface area (Å²) >= 11 is 0. The number of hydrogen-bond acceptors (Lipinski definition) is 4. The average Bonchev–Trinajstić information content (AvgIpc) is 2.56. The predicted molar refractivity (Wildman–Crippen MR) is 107 cm³/mol. The van der Waals surface area contributed by atoms with Crippen LogP contribution in [0.3, 0.4) is 0 Å². The van der Waals surface area contributed by atoms with E-state index >= 15 is 0 Å². The molecule has 6 nitrogen and oxygen atoms in total. The van der Waals surface area contributed by atoms with E-state index in [2.05, 4.69) is 28.6 Å². The van der Waals surface area contributed by atoms with Gasteiger partial charge in [-0.3, -0.25) is 9.79 Å². The topological polar surface area (TPSA) is 72.0 Å². The van der Waals surface area contributed by atoms with Gasteiger partial charge in [-0.1, -0.05) is 24.6 Å². The smallest absolute Gasteiger partial charge is 0.310 e. The van der Waals surface area contributed by atoms with Crippen molar-refractivity contribution in [1.29, 1.82) is 0 Å². The fourth-order valence-corrected chi connectivity index (χ4v) is 2.17. The van der Waals surface area contributed by atoms with Crippen LogP contribution in [0.2, 0.25) is 0 Å². The van der Waals surface area contributed by atoms with Gasteiger partial charge in [0.1, 0.15) is 5.75 Å². The van der Waals surface area contributed by atoms with Crippen molar-refractivity contribution >= 4 is 35.9 Å². The molecule has 1 rings (SSSR count). The van der Waals surface area contributed by atoms with Crippen LogP contribution in [-0.4, -0.2) is 46.3 Å². The monoisotopic (exact) mass is 449 g/mol. The van der Waals surface area contributed by atoms with Crippen molar-refractivity contribution in [2.45, 2.75) is 20.3 Å². The highest BCUT2D eigenvalue weighted by atomic mass is 127. The molecule has 0 spiro atoms. The van der Waals surface area contributed by atoms with Crippen molar-refractivity contribution in [3.8, 4) is 5.75 Å². The Hall–Kier alpha value is -1.51. The van der Waals surface area contributed by atoms with Gasteiger partial charge >= 0.3 is 5.97 Å². The summed E-state index contributed by atoms with van der Waals surface area (Å²) in [6.45, 7) is 5.06. The Bertz CT molecular complexity index is 550. The lowest BCUT2D eigenvalue weighted by Crippen LogP contribution is -2.41. The molecular formula is C17H28IN3O3. The number of nitrogens with one attached hydrogen (secondary N) is 2. The molecule has 0 saturated heterocycles. The highest BCUT2D eigenvalue weighted by molar-refractivity contribution is 14.0. The molecule has 0 heterocycles. The number of nitrogens with zero attached hydrogens (tertiary/aromatic N) is 1. The van der Waals surface area contributed by atoms with Crippen LogP contribution in [0.15, 0.2) is 23.2 Å². The van der Waals surface area contributed by atoms with Crippen LogP contribution in [0.5, 0.6) is 5.75 Å². The van der Waals surface area contributed by atoms with E-state index in [0.717, 1.165) is 17.7 Å². The molecule has 0 saturated carbocycles. The van der Waals surface area contributed by atoms with E-state index in [-0.39, 0.29) is 35.9 Å². The minimum Gasteiger partial charge on any atom is -0.496 e. The highest BCUT2D eigenvalue weighted by Crippen LogP contribution is 2.19. The van der Waals surface area contributed by atoms with E-state index < -0.39 is 0 Å². The summed E-state index contributed by atoms with van der Waals surface area (Å²) in [6, 6.07) is 6.14. The molecular weight excluding hydrogens is 421 g/mol. The molecule has 1 atom stereocenters. The SMILES string of the molecule is CN=C(NCCc1cc(C)ccc1OC)NCC(C)C(=O)OC.I. The molecule has 0 bridgehead atoms. The Labute approximate surface area is 161 Å². The lowest BCUT2D eigenvalue weighted by Gasteiger charge is -2.15. The molecule has 0 aliphatic carbocycles. The second-order valence-corrected chi connectivity index (χ2v) is 5.37. The minimum atomic E-state index is -0.238. The van der Waals surface area contributed by atoms with Crippen LogP contribution < -0.4 is 15.4 Å². The number of carbonyl (C=O) groups is 1. The number of benzene rings is 1. The van der Waals surface area contributed by atoms with E-state index in [9.17, 15) is 4.79 Å². The fourth-order valence-electron chi connectivity index (χ4n) is 2.17. The standard InChI is InChI=1S/C17H27N3O3.HI/c1-12-6-7-15(22-4)14(10-12)8-9-19-17(18-3)20-11-13(2)16(21)23-5;/h6-7,10,13H,8-9,11H2,1-5H3,(H2,18,19,20);1H. The summed E-state index contributed by atoms with van der Waals surface area (Å²) in [4.78, 5) is 15.5. The Morgan fingerprint density at radius 3 is 2.58 bits per heavy atom. The van der Waals surface area contributed by atoms with Crippen molar-refractivity contribution in [2.24, 2.45) is 10.9 Å². The summed E-state index contributed by atoms with van der Waals surface area (Å²) in [6.07, 6.45) is 0.818. The first-order valence-corrected chi connectivity index (χ1v) is 7.67. The van der Waals surface area contributed by atoms with Crippen molar-refractivity contribution in [1.82, 2.24) is 10.6 Å². The van der Waals surface area contributed by atoms with Gasteiger partial charge in [-0.15, -0.1) is 24.0 Å². The van der Waals surface area contributed by atoms with E-state index in [4.69, 9.17) is 9.47 Å². The largest absolute Gasteiger partial charge is 0.496 e. The van der Waals surface area contributed by atoms with Crippen molar-refractivity contribution < 1.29 is 14.3 Å². The molecule has 1 aromatic carbocycles. The lowest BCUT2D eigenvalue weighted by molar-refractivity contribution is -0.144. The first-order chi connectivity index (χ1) is 11.0. The van der Waals surface area contributed by atoms with Gasteiger partial charge in [-0.25, -0.2) is 0 Å². The maximum Gasteiger partial charge on any atom is 0.310 e. The molecule has 136 valence electrons. The molecule has 0 fully saturated rings. The van der Waals surface area contributed by atoms with Crippen LogP contribution in [0.25, 0.3) is 0 Å². The zero-order valence-electron chi connectivity index (χ0n) is 15.0. The third-order valence-electron chi connectivity index (χ3n) is 3.53. The lowest BCUT2D eigenvalue weighted by atomic mass is 10.1. The van der Waals surface area contributed by atoms with Crippen molar-refractivity contribution in [2.75, 3.05) is 34.4 Å². The number of esters is 1. The number of ether oxygens (including phenoxy) is 2. The number of aryl methyl sites for hydroxylation is 1. The number of halogens is 1. The molecule has 2 N–H and O–H groups in total. The second kappa shape index (κ2) is 11.9. The number of aliphatic imine (C=N–C) groups is 1. The van der Waals surface area contributed by atoms with Crippen LogP contribution in [0.1, 0.15) is 18.1 Å². The predicted octanol–water partition coefficient (Wildman–Crippen LogP) is 2.14. The molecule has 0 radical (unpaired) electrons. The second-order valence-electron chi connectivity index (χ2n) is 5.37. The van der Waals surface area contributed by atoms with E-state index in [1.165, 1.54) is 12.7 Å². The normalized spacial score (nSPS) is 12.0. The number of methoxy groups -OCH3 is 2. The van der Waals surface area contributed by atoms with Gasteiger partial charge in [-0.05, 0) is 25.0 Å². The maximum absolute atomic E-state index is 11.4. The quantitative estimate of drug-likeness (QED) is 0.289. The molecule has 0 aromatic heterocycles. The first kappa shape index (κ1) is 22.5. The van der Waals surface area contributed by atoms with Crippen LogP contribution in [-0.2, 0) is 16.0 Å². The van der Waals surface area contributed by atoms with Crippen LogP contribution in [0, 0.1) is 12.8 Å². The zero-order chi connectivity index (χ0) is 17.2. The van der Waals surface area contributed by atoms with Gasteiger partial charge < -0.3 is 20.1 Å². The molecule has 0 aliphatic rings. The molecule has 0 amide bonds. The van der Waals surface area contributed by atoms with Gasteiger partial charge in [0.25, 0.3) is 0 Å². The summed E-state index contributed by atoms with van der Waals surface area (Å²) in [5.41, 5.74) is 2.36. The van der Waals surface area contributed by atoms with Crippen molar-refractivity contribution in [3.63, 3.8) is 0 Å². The fraction of sp³-hybridized carbons (Fsp3) is 0.529. The number of rotatable bonds is 7. The number of carbonyl (C=O) groups excluding carboxylic acids is 1. The zero-order valence-corrected chi connectivity index (χ0v) is 17.3. The Kier molecular flexibility index (Phi) is 11.2. The highest BCUT2D eigenvalue weighted by Gasteiger charge is 2.13. The third kappa shape index (κ3) is 7.37. The Morgan fingerprint density at radius 2 is 2.00 bits per heavy atom. The van der Waals surface area contributed by atoms with E-state index in [0.29, 0.717) is 19.0 Å². The first-order valence-electron chi connectivity index (χ1n) is 7.67. The molecule has 7 heteroatoms. The number of hydrogen-bond donors (Lipinski definition) is 2. The van der Waals surface area contributed by atoms with Crippen LogP contribution >= 0.6 is 24.0 Å². The van der Waals surface area contributed by atoms with Crippen LogP contribution in [0.4, 0.5) is 0 Å². The number of guanidine groups is 1. The summed E-state index contributed by atoms with van der Waals surface area (Å²) < 4.78 is 10.1. The summed E-state index contributed by atoms with van der Waals surface area (Å²) in [5, 5.41) is 6.35.